The highest BCUT2D eigenvalue weighted by Crippen LogP contribution is 2.36. The summed E-state index contributed by atoms with van der Waals surface area (Å²) in [5, 5.41) is 0. The Morgan fingerprint density at radius 2 is 1.48 bits per heavy atom. The quantitative estimate of drug-likeness (QED) is 0.200. The lowest BCUT2D eigenvalue weighted by molar-refractivity contribution is -0.143. The van der Waals surface area contributed by atoms with Crippen LogP contribution in [0.5, 0.6) is 5.75 Å². The molecule has 0 aliphatic heterocycles. The largest absolute Gasteiger partial charge is 0.494 e. The van der Waals surface area contributed by atoms with E-state index in [1.165, 1.54) is 0 Å². The highest BCUT2D eigenvalue weighted by molar-refractivity contribution is 5.79. The molecule has 168 valence electrons. The SMILES string of the molecule is CCOC(=O)CCCCOc1ccc(-c2nc(-c3ccccc3)c(-c3ccccc3)o2)cc1. The third-order valence-electron chi connectivity index (χ3n) is 5.16. The number of benzene rings is 3. The van der Waals surface area contributed by atoms with Crippen molar-refractivity contribution in [2.45, 2.75) is 26.2 Å². The van der Waals surface area contributed by atoms with Gasteiger partial charge in [0.05, 0.1) is 13.2 Å². The zero-order chi connectivity index (χ0) is 22.9. The number of ether oxygens (including phenoxy) is 2. The third-order valence-corrected chi connectivity index (χ3v) is 5.16. The summed E-state index contributed by atoms with van der Waals surface area (Å²) in [6.07, 6.45) is 1.97. The summed E-state index contributed by atoms with van der Waals surface area (Å²) in [6, 6.07) is 27.8. The highest BCUT2D eigenvalue weighted by Gasteiger charge is 2.17. The van der Waals surface area contributed by atoms with Crippen molar-refractivity contribution in [3.63, 3.8) is 0 Å². The molecule has 0 unspecified atom stereocenters. The van der Waals surface area contributed by atoms with Gasteiger partial charge in [-0.3, -0.25) is 4.79 Å². The Kier molecular flexibility index (Phi) is 7.54. The third kappa shape index (κ3) is 5.89. The molecular formula is C28H27NO4. The van der Waals surface area contributed by atoms with Gasteiger partial charge in [0.1, 0.15) is 11.4 Å². The molecule has 4 rings (SSSR count). The van der Waals surface area contributed by atoms with Gasteiger partial charge in [-0.25, -0.2) is 4.98 Å². The summed E-state index contributed by atoms with van der Waals surface area (Å²) in [7, 11) is 0. The van der Waals surface area contributed by atoms with Crippen LogP contribution in [0.2, 0.25) is 0 Å². The average Bonchev–Trinajstić information content (AvgIpc) is 3.31. The van der Waals surface area contributed by atoms with Crippen molar-refractivity contribution >= 4 is 5.97 Å². The number of carbonyl (C=O) groups excluding carboxylic acids is 1. The first kappa shape index (κ1) is 22.3. The molecule has 0 fully saturated rings. The average molecular weight is 442 g/mol. The van der Waals surface area contributed by atoms with Crippen LogP contribution in [0.1, 0.15) is 26.2 Å². The van der Waals surface area contributed by atoms with Crippen molar-refractivity contribution in [2.24, 2.45) is 0 Å². The molecule has 0 bridgehead atoms. The molecule has 4 aromatic rings. The van der Waals surface area contributed by atoms with Gasteiger partial charge < -0.3 is 13.9 Å². The van der Waals surface area contributed by atoms with Gasteiger partial charge in [-0.15, -0.1) is 0 Å². The molecule has 3 aromatic carbocycles. The first-order valence-corrected chi connectivity index (χ1v) is 11.2. The molecule has 0 aliphatic rings. The van der Waals surface area contributed by atoms with E-state index >= 15 is 0 Å². The molecule has 0 spiro atoms. The topological polar surface area (TPSA) is 61.6 Å². The number of hydrogen-bond donors (Lipinski definition) is 0. The van der Waals surface area contributed by atoms with Gasteiger partial charge in [0.15, 0.2) is 5.76 Å². The van der Waals surface area contributed by atoms with Gasteiger partial charge in [0.2, 0.25) is 5.89 Å². The van der Waals surface area contributed by atoms with Crippen molar-refractivity contribution < 1.29 is 18.7 Å². The zero-order valence-corrected chi connectivity index (χ0v) is 18.7. The van der Waals surface area contributed by atoms with Crippen molar-refractivity contribution in [1.29, 1.82) is 0 Å². The molecule has 5 heteroatoms. The first-order valence-electron chi connectivity index (χ1n) is 11.2. The van der Waals surface area contributed by atoms with Crippen LogP contribution < -0.4 is 4.74 Å². The molecule has 0 radical (unpaired) electrons. The normalized spacial score (nSPS) is 10.7. The van der Waals surface area contributed by atoms with Crippen LogP contribution in [-0.2, 0) is 9.53 Å². The second-order valence-corrected chi connectivity index (χ2v) is 7.56. The molecule has 5 nitrogen and oxygen atoms in total. The van der Waals surface area contributed by atoms with Crippen LogP contribution in [-0.4, -0.2) is 24.2 Å². The number of carbonyl (C=O) groups is 1. The number of hydrogen-bond acceptors (Lipinski definition) is 5. The summed E-state index contributed by atoms with van der Waals surface area (Å²) in [5.74, 6) is 1.93. The van der Waals surface area contributed by atoms with Crippen molar-refractivity contribution in [3.8, 4) is 39.8 Å². The molecule has 0 saturated carbocycles. The summed E-state index contributed by atoms with van der Waals surface area (Å²) in [4.78, 5) is 16.2. The predicted molar refractivity (Wildman–Crippen MR) is 129 cm³/mol. The number of nitrogens with zero attached hydrogens (tertiary/aromatic N) is 1. The number of esters is 1. The second kappa shape index (κ2) is 11.1. The molecule has 0 aliphatic carbocycles. The van der Waals surface area contributed by atoms with Crippen LogP contribution in [0, 0.1) is 0 Å². The minimum Gasteiger partial charge on any atom is -0.494 e. The van der Waals surface area contributed by atoms with Crippen LogP contribution >= 0.6 is 0 Å². The number of oxazole rings is 1. The van der Waals surface area contributed by atoms with E-state index in [1.54, 1.807) is 0 Å². The molecule has 33 heavy (non-hydrogen) atoms. The van der Waals surface area contributed by atoms with Crippen LogP contribution in [0.3, 0.4) is 0 Å². The Bertz CT molecular complexity index is 1090. The van der Waals surface area contributed by atoms with E-state index in [2.05, 4.69) is 0 Å². The van der Waals surface area contributed by atoms with E-state index in [4.69, 9.17) is 18.9 Å². The lowest BCUT2D eigenvalue weighted by Crippen LogP contribution is -2.05. The molecule has 1 aromatic heterocycles. The first-order chi connectivity index (χ1) is 16.2. The molecule has 0 atom stereocenters. The Labute approximate surface area is 194 Å². The van der Waals surface area contributed by atoms with Crippen LogP contribution in [0.25, 0.3) is 34.0 Å². The minimum absolute atomic E-state index is 0.155. The summed E-state index contributed by atoms with van der Waals surface area (Å²) < 4.78 is 17.0. The molecule has 0 saturated heterocycles. The summed E-state index contributed by atoms with van der Waals surface area (Å²) >= 11 is 0. The second-order valence-electron chi connectivity index (χ2n) is 7.56. The maximum absolute atomic E-state index is 11.4. The minimum atomic E-state index is -0.155. The van der Waals surface area contributed by atoms with Gasteiger partial charge in [-0.05, 0) is 44.0 Å². The van der Waals surface area contributed by atoms with Gasteiger partial charge in [0, 0.05) is 23.1 Å². The van der Waals surface area contributed by atoms with E-state index in [-0.39, 0.29) is 5.97 Å². The van der Waals surface area contributed by atoms with E-state index in [9.17, 15) is 4.79 Å². The number of rotatable bonds is 10. The lowest BCUT2D eigenvalue weighted by Gasteiger charge is -2.06. The van der Waals surface area contributed by atoms with Gasteiger partial charge in [-0.2, -0.15) is 0 Å². The maximum Gasteiger partial charge on any atom is 0.305 e. The Hall–Kier alpha value is -3.86. The smallest absolute Gasteiger partial charge is 0.305 e. The molecule has 1 heterocycles. The fourth-order valence-electron chi connectivity index (χ4n) is 3.51. The van der Waals surface area contributed by atoms with Crippen LogP contribution in [0.15, 0.2) is 89.3 Å². The monoisotopic (exact) mass is 441 g/mol. The fourth-order valence-corrected chi connectivity index (χ4v) is 3.51. The van der Waals surface area contributed by atoms with E-state index < -0.39 is 0 Å². The Morgan fingerprint density at radius 1 is 0.818 bits per heavy atom. The lowest BCUT2D eigenvalue weighted by atomic mass is 10.1. The summed E-state index contributed by atoms with van der Waals surface area (Å²) in [6.45, 7) is 2.79. The van der Waals surface area contributed by atoms with Crippen LogP contribution in [0.4, 0.5) is 0 Å². The van der Waals surface area contributed by atoms with Gasteiger partial charge in [0.25, 0.3) is 0 Å². The fraction of sp³-hybridized carbons (Fsp3) is 0.214. The molecular weight excluding hydrogens is 414 g/mol. The van der Waals surface area contributed by atoms with E-state index in [0.717, 1.165) is 46.7 Å². The Balaban J connectivity index is 1.46. The van der Waals surface area contributed by atoms with E-state index in [0.29, 0.717) is 25.5 Å². The zero-order valence-electron chi connectivity index (χ0n) is 18.7. The molecule has 0 N–H and O–H groups in total. The van der Waals surface area contributed by atoms with Crippen molar-refractivity contribution in [3.05, 3.63) is 84.9 Å². The summed E-state index contributed by atoms with van der Waals surface area (Å²) in [5.41, 5.74) is 3.69. The van der Waals surface area contributed by atoms with Crippen molar-refractivity contribution in [2.75, 3.05) is 13.2 Å². The van der Waals surface area contributed by atoms with Gasteiger partial charge in [-0.1, -0.05) is 60.7 Å². The standard InChI is InChI=1S/C28H27NO4/c1-2-31-25(30)15-9-10-20-32-24-18-16-23(17-19-24)28-29-26(21-11-5-3-6-12-21)27(33-28)22-13-7-4-8-14-22/h3-8,11-14,16-19H,2,9-10,15,20H2,1H3. The maximum atomic E-state index is 11.4. The van der Waals surface area contributed by atoms with E-state index in [1.807, 2.05) is 91.9 Å². The highest BCUT2D eigenvalue weighted by atomic mass is 16.5. The predicted octanol–water partition coefficient (Wildman–Crippen LogP) is 6.79. The number of unbranched alkanes of at least 4 members (excludes halogenated alkanes) is 1. The Morgan fingerprint density at radius 3 is 2.15 bits per heavy atom. The molecule has 0 amide bonds. The van der Waals surface area contributed by atoms with Crippen molar-refractivity contribution in [1.82, 2.24) is 4.98 Å². The van der Waals surface area contributed by atoms with Gasteiger partial charge >= 0.3 is 5.97 Å². The number of aromatic nitrogens is 1.